The molecule has 0 heterocycles. The predicted molar refractivity (Wildman–Crippen MR) is 126 cm³/mol. The zero-order valence-electron chi connectivity index (χ0n) is 19.5. The van der Waals surface area contributed by atoms with E-state index in [0.717, 1.165) is 12.8 Å². The summed E-state index contributed by atoms with van der Waals surface area (Å²) >= 11 is 0. The van der Waals surface area contributed by atoms with Gasteiger partial charge in [-0.3, -0.25) is 0 Å². The predicted octanol–water partition coefficient (Wildman–Crippen LogP) is 6.29. The van der Waals surface area contributed by atoms with E-state index in [0.29, 0.717) is 19.0 Å². The molecule has 0 fully saturated rings. The van der Waals surface area contributed by atoms with Crippen molar-refractivity contribution >= 4 is 16.6 Å². The molecule has 1 aromatic carbocycles. The fourth-order valence-electron chi connectivity index (χ4n) is 2.40. The molecule has 0 radical (unpaired) electrons. The lowest BCUT2D eigenvalue weighted by Crippen LogP contribution is -2.41. The molecule has 1 unspecified atom stereocenters. The molecular weight excluding hydrogens is 394 g/mol. The maximum Gasteiger partial charge on any atom is 0.192 e. The number of benzene rings is 1. The number of nitrogens with zero attached hydrogens (tertiary/aromatic N) is 1. The summed E-state index contributed by atoms with van der Waals surface area (Å²) in [5, 5.41) is 9.82. The largest absolute Gasteiger partial charge is 0.494 e. The van der Waals surface area contributed by atoms with Gasteiger partial charge < -0.3 is 13.6 Å². The Morgan fingerprint density at radius 1 is 1.10 bits per heavy atom. The van der Waals surface area contributed by atoms with Gasteiger partial charge >= 0.3 is 0 Å². The van der Waals surface area contributed by atoms with Crippen LogP contribution in [0, 0.1) is 11.3 Å². The Morgan fingerprint density at radius 3 is 2.24 bits per heavy atom. The monoisotopic (exact) mass is 433 g/mol. The van der Waals surface area contributed by atoms with Gasteiger partial charge in [0.15, 0.2) is 22.7 Å². The average molecular weight is 434 g/mol. The van der Waals surface area contributed by atoms with Gasteiger partial charge in [0.1, 0.15) is 11.8 Å². The summed E-state index contributed by atoms with van der Waals surface area (Å²) in [6, 6.07) is 12.6. The number of nitriles is 1. The van der Waals surface area contributed by atoms with E-state index in [1.807, 2.05) is 24.3 Å². The minimum absolute atomic E-state index is 0.140. The van der Waals surface area contributed by atoms with Gasteiger partial charge in [0.2, 0.25) is 0 Å². The molecule has 6 heteroatoms. The first-order valence-electron chi connectivity index (χ1n) is 10.4. The van der Waals surface area contributed by atoms with E-state index in [1.54, 1.807) is 0 Å². The summed E-state index contributed by atoms with van der Waals surface area (Å²) in [5.74, 6) is 0.585. The normalized spacial score (nSPS) is 14.4. The molecule has 0 aliphatic heterocycles. The van der Waals surface area contributed by atoms with Gasteiger partial charge in [-0.05, 0) is 62.3 Å². The van der Waals surface area contributed by atoms with Crippen LogP contribution in [-0.2, 0) is 20.0 Å². The highest BCUT2D eigenvalue weighted by Crippen LogP contribution is 2.36. The minimum Gasteiger partial charge on any atom is -0.494 e. The lowest BCUT2D eigenvalue weighted by molar-refractivity contribution is 0.134. The van der Waals surface area contributed by atoms with Gasteiger partial charge in [-0.2, -0.15) is 5.26 Å². The average Bonchev–Trinajstić information content (AvgIpc) is 2.61. The van der Waals surface area contributed by atoms with Crippen LogP contribution in [0.3, 0.4) is 0 Å². The van der Waals surface area contributed by atoms with Gasteiger partial charge in [-0.1, -0.05) is 51.1 Å². The molecule has 0 saturated heterocycles. The second-order valence-corrected chi connectivity index (χ2v) is 19.1. The van der Waals surface area contributed by atoms with Gasteiger partial charge in [-0.25, -0.2) is 0 Å². The van der Waals surface area contributed by atoms with Crippen LogP contribution in [0.1, 0.15) is 32.8 Å². The Balaban J connectivity index is 2.78. The Labute approximate surface area is 180 Å². The standard InChI is InChI=1S/C23H39NO3Si2/c1-23(2,3)29(7,8)26-18-16-21(22(19-24)27-28(4,5)6)25-17-12-15-20-13-10-9-11-14-20/h9-11,13-14,16,22H,12,15,17-18H2,1-8H3/b21-16+. The molecule has 1 aromatic rings. The molecule has 0 aliphatic carbocycles. The third-order valence-electron chi connectivity index (χ3n) is 5.10. The van der Waals surface area contributed by atoms with Crippen LogP contribution in [0.4, 0.5) is 0 Å². The summed E-state index contributed by atoms with van der Waals surface area (Å²) in [6.07, 6.45) is 3.05. The summed E-state index contributed by atoms with van der Waals surface area (Å²) in [4.78, 5) is 0. The molecule has 0 aromatic heterocycles. The summed E-state index contributed by atoms with van der Waals surface area (Å²) < 4.78 is 18.3. The molecule has 0 amide bonds. The van der Waals surface area contributed by atoms with Crippen molar-refractivity contribution in [1.82, 2.24) is 0 Å². The van der Waals surface area contributed by atoms with E-state index in [-0.39, 0.29) is 5.04 Å². The van der Waals surface area contributed by atoms with Gasteiger partial charge in [0.05, 0.1) is 13.2 Å². The maximum atomic E-state index is 9.68. The fraction of sp³-hybridized carbons (Fsp3) is 0.609. The molecule has 162 valence electrons. The first-order valence-corrected chi connectivity index (χ1v) is 16.8. The van der Waals surface area contributed by atoms with E-state index in [4.69, 9.17) is 13.6 Å². The molecule has 0 spiro atoms. The van der Waals surface area contributed by atoms with E-state index >= 15 is 0 Å². The van der Waals surface area contributed by atoms with Crippen molar-refractivity contribution in [2.75, 3.05) is 13.2 Å². The van der Waals surface area contributed by atoms with Crippen LogP contribution in [-0.4, -0.2) is 36.0 Å². The molecule has 1 rings (SSSR count). The maximum absolute atomic E-state index is 9.68. The van der Waals surface area contributed by atoms with E-state index < -0.39 is 22.7 Å². The van der Waals surface area contributed by atoms with Crippen LogP contribution in [0.5, 0.6) is 0 Å². The van der Waals surface area contributed by atoms with Gasteiger partial charge in [0, 0.05) is 0 Å². The lowest BCUT2D eigenvalue weighted by atomic mass is 10.1. The second kappa shape index (κ2) is 11.1. The molecule has 0 N–H and O–H groups in total. The van der Waals surface area contributed by atoms with Crippen LogP contribution in [0.2, 0.25) is 37.8 Å². The summed E-state index contributed by atoms with van der Waals surface area (Å²) in [7, 11) is -3.75. The molecule has 0 bridgehead atoms. The van der Waals surface area contributed by atoms with Crippen molar-refractivity contribution in [1.29, 1.82) is 5.26 Å². The highest BCUT2D eigenvalue weighted by atomic mass is 28.4. The van der Waals surface area contributed by atoms with E-state index in [9.17, 15) is 5.26 Å². The minimum atomic E-state index is -1.89. The first kappa shape index (κ1) is 25.6. The quantitative estimate of drug-likeness (QED) is 0.234. The van der Waals surface area contributed by atoms with Crippen molar-refractivity contribution in [3.05, 3.63) is 47.7 Å². The van der Waals surface area contributed by atoms with Gasteiger partial charge in [-0.15, -0.1) is 0 Å². The zero-order valence-corrected chi connectivity index (χ0v) is 21.5. The first-order chi connectivity index (χ1) is 13.4. The Hall–Kier alpha value is -1.40. The Kier molecular flexibility index (Phi) is 9.83. The van der Waals surface area contributed by atoms with Crippen LogP contribution in [0.25, 0.3) is 0 Å². The zero-order chi connectivity index (χ0) is 22.1. The number of ether oxygens (including phenoxy) is 1. The highest BCUT2D eigenvalue weighted by molar-refractivity contribution is 6.74. The number of hydrogen-bond donors (Lipinski definition) is 0. The molecule has 29 heavy (non-hydrogen) atoms. The van der Waals surface area contributed by atoms with Crippen molar-refractivity contribution < 1.29 is 13.6 Å². The van der Waals surface area contributed by atoms with E-state index in [2.05, 4.69) is 71.7 Å². The van der Waals surface area contributed by atoms with Crippen LogP contribution < -0.4 is 0 Å². The topological polar surface area (TPSA) is 51.5 Å². The highest BCUT2D eigenvalue weighted by Gasteiger charge is 2.37. The summed E-state index contributed by atoms with van der Waals surface area (Å²) in [5.41, 5.74) is 1.29. The van der Waals surface area contributed by atoms with Crippen LogP contribution >= 0.6 is 0 Å². The molecular formula is C23H39NO3Si2. The SMILES string of the molecule is CC(C)(C)[Si](C)(C)OC/C=C(/OCCCc1ccccc1)C(C#N)O[Si](C)(C)C. The van der Waals surface area contributed by atoms with Crippen molar-refractivity contribution in [2.45, 2.75) is 77.5 Å². The Morgan fingerprint density at radius 2 is 1.72 bits per heavy atom. The molecule has 1 atom stereocenters. The Bertz CT molecular complexity index is 683. The smallest absolute Gasteiger partial charge is 0.192 e. The van der Waals surface area contributed by atoms with Crippen molar-refractivity contribution in [3.8, 4) is 6.07 Å². The number of aryl methyl sites for hydroxylation is 1. The van der Waals surface area contributed by atoms with Crippen molar-refractivity contribution in [2.24, 2.45) is 0 Å². The second-order valence-electron chi connectivity index (χ2n) is 9.85. The van der Waals surface area contributed by atoms with Crippen molar-refractivity contribution in [3.63, 3.8) is 0 Å². The third kappa shape index (κ3) is 9.77. The van der Waals surface area contributed by atoms with Crippen LogP contribution in [0.15, 0.2) is 42.2 Å². The van der Waals surface area contributed by atoms with Gasteiger partial charge in [0.25, 0.3) is 0 Å². The number of hydrogen-bond acceptors (Lipinski definition) is 4. The number of rotatable bonds is 11. The molecule has 0 aliphatic rings. The lowest BCUT2D eigenvalue weighted by Gasteiger charge is -2.35. The fourth-order valence-corrected chi connectivity index (χ4v) is 4.21. The molecule has 0 saturated carbocycles. The molecule has 4 nitrogen and oxygen atoms in total. The third-order valence-corrected chi connectivity index (χ3v) is 10.5. The van der Waals surface area contributed by atoms with E-state index in [1.165, 1.54) is 5.56 Å². The summed E-state index contributed by atoms with van der Waals surface area (Å²) in [6.45, 7) is 18.3.